The zero-order valence-electron chi connectivity index (χ0n) is 14.6. The van der Waals surface area contributed by atoms with Crippen molar-refractivity contribution >= 4 is 5.91 Å². The summed E-state index contributed by atoms with van der Waals surface area (Å²) in [6, 6.07) is 8.11. The molecular formula is C20H19FN2O4. The Hall–Kier alpha value is -2.67. The number of carbonyl (C=O) groups excluding carboxylic acids is 1. The lowest BCUT2D eigenvalue weighted by Gasteiger charge is -2.44. The van der Waals surface area contributed by atoms with Gasteiger partial charge in [0.1, 0.15) is 0 Å². The smallest absolute Gasteiger partial charge is 0.254 e. The Labute approximate surface area is 155 Å². The van der Waals surface area contributed by atoms with Crippen molar-refractivity contribution in [3.05, 3.63) is 53.6 Å². The molecular weight excluding hydrogens is 351 g/mol. The van der Waals surface area contributed by atoms with Crippen molar-refractivity contribution in [3.8, 4) is 11.5 Å². The SMILES string of the molecule is O=C(c1ccc2c(c1)OCO2)N1[C@@H]2CC[C@H]1CC(O)(c1cccnc1F)C2. The molecule has 1 aromatic carbocycles. The van der Waals surface area contributed by atoms with Crippen molar-refractivity contribution in [2.75, 3.05) is 6.79 Å². The van der Waals surface area contributed by atoms with Crippen molar-refractivity contribution in [2.24, 2.45) is 0 Å². The molecule has 5 rings (SSSR count). The van der Waals surface area contributed by atoms with Crippen LogP contribution in [-0.2, 0) is 5.60 Å². The lowest BCUT2D eigenvalue weighted by atomic mass is 9.80. The molecule has 27 heavy (non-hydrogen) atoms. The molecule has 1 aromatic heterocycles. The fourth-order valence-electron chi connectivity index (χ4n) is 4.69. The second-order valence-corrected chi connectivity index (χ2v) is 7.45. The average Bonchev–Trinajstić information content (AvgIpc) is 3.23. The summed E-state index contributed by atoms with van der Waals surface area (Å²) < 4.78 is 24.8. The highest BCUT2D eigenvalue weighted by Crippen LogP contribution is 2.47. The molecule has 6 nitrogen and oxygen atoms in total. The van der Waals surface area contributed by atoms with Gasteiger partial charge in [0.2, 0.25) is 12.7 Å². The molecule has 0 spiro atoms. The second kappa shape index (κ2) is 5.92. The van der Waals surface area contributed by atoms with Crippen LogP contribution in [0.4, 0.5) is 4.39 Å². The van der Waals surface area contributed by atoms with E-state index in [1.54, 1.807) is 30.3 Å². The Morgan fingerprint density at radius 1 is 1.19 bits per heavy atom. The fraction of sp³-hybridized carbons (Fsp3) is 0.400. The van der Waals surface area contributed by atoms with Gasteiger partial charge in [-0.05, 0) is 37.1 Å². The van der Waals surface area contributed by atoms with Crippen molar-refractivity contribution in [3.63, 3.8) is 0 Å². The monoisotopic (exact) mass is 370 g/mol. The Morgan fingerprint density at radius 3 is 2.67 bits per heavy atom. The van der Waals surface area contributed by atoms with Gasteiger partial charge in [0.25, 0.3) is 5.91 Å². The zero-order valence-corrected chi connectivity index (χ0v) is 14.6. The Kier molecular flexibility index (Phi) is 3.62. The van der Waals surface area contributed by atoms with Crippen LogP contribution in [0.5, 0.6) is 11.5 Å². The molecule has 1 unspecified atom stereocenters. The predicted octanol–water partition coefficient (Wildman–Crippen LogP) is 2.60. The number of nitrogens with zero attached hydrogens (tertiary/aromatic N) is 2. The lowest BCUT2D eigenvalue weighted by Crippen LogP contribution is -2.52. The lowest BCUT2D eigenvalue weighted by molar-refractivity contribution is -0.0504. The number of pyridine rings is 1. The number of ether oxygens (including phenoxy) is 2. The first-order valence-corrected chi connectivity index (χ1v) is 9.11. The molecule has 140 valence electrons. The summed E-state index contributed by atoms with van der Waals surface area (Å²) in [6.07, 6.45) is 3.58. The molecule has 2 bridgehead atoms. The van der Waals surface area contributed by atoms with Gasteiger partial charge in [-0.3, -0.25) is 4.79 Å². The van der Waals surface area contributed by atoms with Crippen LogP contribution in [0.3, 0.4) is 0 Å². The third-order valence-electron chi connectivity index (χ3n) is 5.88. The normalized spacial score (nSPS) is 28.4. The Balaban J connectivity index is 1.42. The van der Waals surface area contributed by atoms with Gasteiger partial charge in [0, 0.05) is 42.2 Å². The Bertz CT molecular complexity index is 905. The van der Waals surface area contributed by atoms with E-state index in [1.807, 2.05) is 4.90 Å². The standard InChI is InChI=1S/C20H19FN2O4/c21-18-15(2-1-7-22-18)20(25)9-13-4-5-14(10-20)23(13)19(24)12-3-6-16-17(8-12)27-11-26-16/h1-3,6-8,13-14,25H,4-5,9-11H2/t13-,14+,20?. The molecule has 0 radical (unpaired) electrons. The maximum absolute atomic E-state index is 14.2. The maximum atomic E-state index is 14.2. The van der Waals surface area contributed by atoms with Crippen LogP contribution in [-0.4, -0.2) is 39.8 Å². The molecule has 7 heteroatoms. The molecule has 0 aliphatic carbocycles. The third-order valence-corrected chi connectivity index (χ3v) is 5.88. The molecule has 2 aromatic rings. The molecule has 2 fully saturated rings. The van der Waals surface area contributed by atoms with Crippen LogP contribution < -0.4 is 9.47 Å². The van der Waals surface area contributed by atoms with Crippen LogP contribution in [0.2, 0.25) is 0 Å². The van der Waals surface area contributed by atoms with Crippen molar-refractivity contribution in [2.45, 2.75) is 43.4 Å². The molecule has 2 saturated heterocycles. The summed E-state index contributed by atoms with van der Waals surface area (Å²) in [7, 11) is 0. The topological polar surface area (TPSA) is 71.9 Å². The number of carbonyl (C=O) groups is 1. The predicted molar refractivity (Wildman–Crippen MR) is 92.9 cm³/mol. The first kappa shape index (κ1) is 16.5. The minimum Gasteiger partial charge on any atom is -0.454 e. The van der Waals surface area contributed by atoms with Crippen molar-refractivity contribution < 1.29 is 23.8 Å². The maximum Gasteiger partial charge on any atom is 0.254 e. The number of halogens is 1. The summed E-state index contributed by atoms with van der Waals surface area (Å²) >= 11 is 0. The second-order valence-electron chi connectivity index (χ2n) is 7.45. The van der Waals surface area contributed by atoms with Gasteiger partial charge >= 0.3 is 0 Å². The highest BCUT2D eigenvalue weighted by Gasteiger charge is 2.51. The number of benzene rings is 1. The zero-order chi connectivity index (χ0) is 18.6. The molecule has 4 heterocycles. The van der Waals surface area contributed by atoms with Crippen molar-refractivity contribution in [1.82, 2.24) is 9.88 Å². The molecule has 3 aliphatic heterocycles. The third kappa shape index (κ3) is 2.56. The first-order chi connectivity index (χ1) is 13.0. The van der Waals surface area contributed by atoms with Gasteiger partial charge in [-0.2, -0.15) is 4.39 Å². The van der Waals surface area contributed by atoms with Gasteiger partial charge in [-0.15, -0.1) is 0 Å². The molecule has 1 amide bonds. The number of rotatable bonds is 2. The number of aromatic nitrogens is 1. The molecule has 3 aliphatic rings. The van der Waals surface area contributed by atoms with E-state index < -0.39 is 11.5 Å². The number of fused-ring (bicyclic) bond motifs is 3. The average molecular weight is 370 g/mol. The molecule has 3 atom stereocenters. The van der Waals surface area contributed by atoms with Crippen LogP contribution in [0, 0.1) is 5.95 Å². The van der Waals surface area contributed by atoms with E-state index in [0.29, 0.717) is 29.9 Å². The summed E-state index contributed by atoms with van der Waals surface area (Å²) in [4.78, 5) is 18.7. The largest absolute Gasteiger partial charge is 0.454 e. The quantitative estimate of drug-likeness (QED) is 0.823. The highest BCUT2D eigenvalue weighted by atomic mass is 19.1. The number of aliphatic hydroxyl groups is 1. The van der Waals surface area contributed by atoms with Gasteiger partial charge < -0.3 is 19.5 Å². The number of hydrogen-bond donors (Lipinski definition) is 1. The van der Waals surface area contributed by atoms with Gasteiger partial charge in [-0.1, -0.05) is 6.07 Å². The fourth-order valence-corrected chi connectivity index (χ4v) is 4.69. The van der Waals surface area contributed by atoms with E-state index in [-0.39, 0.29) is 30.3 Å². The van der Waals surface area contributed by atoms with Crippen LogP contribution in [0.25, 0.3) is 0 Å². The van der Waals surface area contributed by atoms with Crippen LogP contribution in [0.1, 0.15) is 41.6 Å². The minimum atomic E-state index is -1.30. The minimum absolute atomic E-state index is 0.0884. The van der Waals surface area contributed by atoms with Gasteiger partial charge in [0.15, 0.2) is 11.5 Å². The van der Waals surface area contributed by atoms with E-state index in [1.165, 1.54) is 6.20 Å². The molecule has 0 saturated carbocycles. The van der Waals surface area contributed by atoms with E-state index in [9.17, 15) is 14.3 Å². The van der Waals surface area contributed by atoms with Crippen molar-refractivity contribution in [1.29, 1.82) is 0 Å². The summed E-state index contributed by atoms with van der Waals surface area (Å²) in [5, 5.41) is 11.1. The summed E-state index contributed by atoms with van der Waals surface area (Å²) in [5.74, 6) is 0.471. The summed E-state index contributed by atoms with van der Waals surface area (Å²) in [5.41, 5.74) is -0.540. The van der Waals surface area contributed by atoms with Crippen LogP contribution in [0.15, 0.2) is 36.5 Å². The van der Waals surface area contributed by atoms with Gasteiger partial charge in [-0.25, -0.2) is 4.98 Å². The highest BCUT2D eigenvalue weighted by molar-refractivity contribution is 5.95. The first-order valence-electron chi connectivity index (χ1n) is 9.11. The molecule has 1 N–H and O–H groups in total. The van der Waals surface area contributed by atoms with E-state index in [2.05, 4.69) is 4.98 Å². The van der Waals surface area contributed by atoms with Gasteiger partial charge in [0.05, 0.1) is 5.60 Å². The van der Waals surface area contributed by atoms with Crippen LogP contribution >= 0.6 is 0 Å². The Morgan fingerprint density at radius 2 is 1.93 bits per heavy atom. The number of piperidine rings is 1. The van der Waals surface area contributed by atoms with E-state index in [0.717, 1.165) is 12.8 Å². The number of hydrogen-bond acceptors (Lipinski definition) is 5. The summed E-state index contributed by atoms with van der Waals surface area (Å²) in [6.45, 7) is 0.158. The van der Waals surface area contributed by atoms with E-state index in [4.69, 9.17) is 9.47 Å². The van der Waals surface area contributed by atoms with E-state index >= 15 is 0 Å². The number of amides is 1.